The van der Waals surface area contributed by atoms with E-state index in [0.717, 1.165) is 50.4 Å². The van der Waals surface area contributed by atoms with Crippen LogP contribution in [0, 0.1) is 41.5 Å². The van der Waals surface area contributed by atoms with Crippen molar-refractivity contribution in [2.75, 3.05) is 9.80 Å². The maximum absolute atomic E-state index is 5.30. The van der Waals surface area contributed by atoms with Crippen molar-refractivity contribution in [1.82, 2.24) is 15.0 Å². The fourth-order valence-corrected chi connectivity index (χ4v) is 8.78. The Hall–Kier alpha value is -7.63. The zero-order valence-corrected chi connectivity index (χ0v) is 36.1. The number of hydrogen-bond acceptors (Lipinski definition) is 5. The van der Waals surface area contributed by atoms with Gasteiger partial charge in [0.15, 0.2) is 11.6 Å². The lowest BCUT2D eigenvalue weighted by atomic mass is 9.97. The van der Waals surface area contributed by atoms with Gasteiger partial charge in [-0.15, -0.1) is 0 Å². The summed E-state index contributed by atoms with van der Waals surface area (Å²) in [5.74, 6) is 1.71. The van der Waals surface area contributed by atoms with E-state index >= 15 is 0 Å². The summed E-state index contributed by atoms with van der Waals surface area (Å²) in [6, 6.07) is 66.2. The quantitative estimate of drug-likeness (QED) is 0.138. The van der Waals surface area contributed by atoms with Crippen molar-refractivity contribution < 1.29 is 0 Å². The van der Waals surface area contributed by atoms with Crippen molar-refractivity contribution >= 4 is 34.4 Å². The van der Waals surface area contributed by atoms with E-state index in [9.17, 15) is 0 Å². The molecule has 8 aromatic carbocycles. The minimum atomic E-state index is 0.516. The smallest absolute Gasteiger partial charge is 0.238 e. The summed E-state index contributed by atoms with van der Waals surface area (Å²) in [4.78, 5) is 20.3. The Bertz CT molecular complexity index is 2660. The standard InChI is InChI=1S/C57H49N5/c1-38-31-40(3)53(41(4)32-38)62(54-42(5)33-39(2)34-43(54)6)51-29-27-50(28-30-51)61(52-36-48(44-19-11-7-12-20-44)35-49(37-52)45-21-13-8-14-22-45)57-59-55(46-23-15-9-16-24-46)58-56(60-57)47-25-17-10-18-26-47/h7-37H,1-6H3. The molecule has 0 atom stereocenters. The maximum atomic E-state index is 5.30. The molecule has 0 unspecified atom stereocenters. The highest BCUT2D eigenvalue weighted by Crippen LogP contribution is 2.45. The number of rotatable bonds is 10. The normalized spacial score (nSPS) is 11.1. The summed E-state index contributed by atoms with van der Waals surface area (Å²) in [5.41, 5.74) is 18.9. The van der Waals surface area contributed by atoms with Gasteiger partial charge in [-0.05, 0) is 129 Å². The van der Waals surface area contributed by atoms with Crippen LogP contribution in [-0.4, -0.2) is 15.0 Å². The predicted molar refractivity (Wildman–Crippen MR) is 259 cm³/mol. The number of hydrogen-bond donors (Lipinski definition) is 0. The second-order valence-electron chi connectivity index (χ2n) is 16.2. The molecule has 0 aliphatic rings. The summed E-state index contributed by atoms with van der Waals surface area (Å²) >= 11 is 0. The van der Waals surface area contributed by atoms with Crippen molar-refractivity contribution in [3.05, 3.63) is 221 Å². The molecular weight excluding hydrogens is 755 g/mol. The van der Waals surface area contributed by atoms with Crippen molar-refractivity contribution in [2.24, 2.45) is 0 Å². The molecule has 0 saturated heterocycles. The first-order valence-electron chi connectivity index (χ1n) is 21.2. The first kappa shape index (κ1) is 39.8. The first-order valence-corrected chi connectivity index (χ1v) is 21.2. The lowest BCUT2D eigenvalue weighted by molar-refractivity contribution is 1.02. The predicted octanol–water partition coefficient (Wildman–Crippen LogP) is 15.3. The van der Waals surface area contributed by atoms with Crippen LogP contribution in [0.15, 0.2) is 188 Å². The molecule has 0 spiro atoms. The minimum Gasteiger partial charge on any atom is -0.309 e. The fourth-order valence-electron chi connectivity index (χ4n) is 8.78. The average molecular weight is 804 g/mol. The summed E-state index contributed by atoms with van der Waals surface area (Å²) in [6.07, 6.45) is 0. The molecule has 0 radical (unpaired) electrons. The second kappa shape index (κ2) is 17.2. The molecule has 0 fully saturated rings. The molecule has 5 heteroatoms. The zero-order chi connectivity index (χ0) is 42.7. The van der Waals surface area contributed by atoms with Crippen LogP contribution in [0.3, 0.4) is 0 Å². The Morgan fingerprint density at radius 3 is 1.00 bits per heavy atom. The van der Waals surface area contributed by atoms with Crippen molar-refractivity contribution in [2.45, 2.75) is 41.5 Å². The average Bonchev–Trinajstić information content (AvgIpc) is 3.29. The number of benzene rings is 8. The van der Waals surface area contributed by atoms with Gasteiger partial charge in [-0.2, -0.15) is 9.97 Å². The Morgan fingerprint density at radius 2 is 0.629 bits per heavy atom. The highest BCUT2D eigenvalue weighted by atomic mass is 15.3. The van der Waals surface area contributed by atoms with E-state index in [-0.39, 0.29) is 0 Å². The van der Waals surface area contributed by atoms with Crippen molar-refractivity contribution in [1.29, 1.82) is 0 Å². The molecule has 0 amide bonds. The van der Waals surface area contributed by atoms with E-state index in [4.69, 9.17) is 15.0 Å². The molecule has 302 valence electrons. The fraction of sp³-hybridized carbons (Fsp3) is 0.105. The number of anilines is 6. The van der Waals surface area contributed by atoms with Crippen LogP contribution in [0.1, 0.15) is 33.4 Å². The van der Waals surface area contributed by atoms with Gasteiger partial charge in [0.05, 0.1) is 17.1 Å². The van der Waals surface area contributed by atoms with E-state index in [1.54, 1.807) is 0 Å². The van der Waals surface area contributed by atoms with E-state index in [1.165, 1.54) is 44.8 Å². The van der Waals surface area contributed by atoms with Gasteiger partial charge in [-0.1, -0.05) is 157 Å². The van der Waals surface area contributed by atoms with Crippen LogP contribution in [0.5, 0.6) is 0 Å². The molecule has 9 aromatic rings. The van der Waals surface area contributed by atoms with Gasteiger partial charge in [0, 0.05) is 22.5 Å². The molecule has 1 aromatic heterocycles. The van der Waals surface area contributed by atoms with Crippen LogP contribution in [0.4, 0.5) is 34.4 Å². The molecule has 1 heterocycles. The summed E-state index contributed by atoms with van der Waals surface area (Å²) in [6.45, 7) is 13.2. The van der Waals surface area contributed by atoms with Gasteiger partial charge in [-0.25, -0.2) is 4.98 Å². The minimum absolute atomic E-state index is 0.516. The van der Waals surface area contributed by atoms with E-state index in [2.05, 4.69) is 203 Å². The van der Waals surface area contributed by atoms with Crippen molar-refractivity contribution in [3.8, 4) is 45.0 Å². The topological polar surface area (TPSA) is 45.2 Å². The lowest BCUT2D eigenvalue weighted by Crippen LogP contribution is -2.17. The van der Waals surface area contributed by atoms with Crippen LogP contribution in [0.25, 0.3) is 45.0 Å². The molecule has 0 aliphatic heterocycles. The zero-order valence-electron chi connectivity index (χ0n) is 36.1. The number of aromatic nitrogens is 3. The number of nitrogens with zero attached hydrogens (tertiary/aromatic N) is 5. The van der Waals surface area contributed by atoms with Gasteiger partial charge >= 0.3 is 0 Å². The molecular formula is C57H49N5. The molecule has 5 nitrogen and oxygen atoms in total. The first-order chi connectivity index (χ1) is 30.2. The third-order valence-corrected chi connectivity index (χ3v) is 11.4. The van der Waals surface area contributed by atoms with Crippen LogP contribution < -0.4 is 9.80 Å². The molecule has 62 heavy (non-hydrogen) atoms. The van der Waals surface area contributed by atoms with Gasteiger partial charge in [0.1, 0.15) is 0 Å². The largest absolute Gasteiger partial charge is 0.309 e. The monoisotopic (exact) mass is 803 g/mol. The third kappa shape index (κ3) is 8.13. The Morgan fingerprint density at radius 1 is 0.290 bits per heavy atom. The summed E-state index contributed by atoms with van der Waals surface area (Å²) < 4.78 is 0. The lowest BCUT2D eigenvalue weighted by Gasteiger charge is -2.32. The Labute approximate surface area is 365 Å². The highest BCUT2D eigenvalue weighted by molar-refractivity contribution is 5.87. The second-order valence-corrected chi connectivity index (χ2v) is 16.2. The van der Waals surface area contributed by atoms with Gasteiger partial charge in [-0.3, -0.25) is 4.90 Å². The van der Waals surface area contributed by atoms with Gasteiger partial charge in [0.25, 0.3) is 0 Å². The molecule has 9 rings (SSSR count). The summed E-state index contributed by atoms with van der Waals surface area (Å²) in [5, 5.41) is 0. The Balaban J connectivity index is 1.30. The van der Waals surface area contributed by atoms with Crippen LogP contribution in [0.2, 0.25) is 0 Å². The maximum Gasteiger partial charge on any atom is 0.238 e. The van der Waals surface area contributed by atoms with E-state index < -0.39 is 0 Å². The van der Waals surface area contributed by atoms with Crippen molar-refractivity contribution in [3.63, 3.8) is 0 Å². The van der Waals surface area contributed by atoms with E-state index in [0.29, 0.717) is 17.6 Å². The molecule has 0 bridgehead atoms. The van der Waals surface area contributed by atoms with Crippen LogP contribution in [-0.2, 0) is 0 Å². The van der Waals surface area contributed by atoms with E-state index in [1.807, 2.05) is 36.4 Å². The van der Waals surface area contributed by atoms with Gasteiger partial charge in [0.2, 0.25) is 5.95 Å². The van der Waals surface area contributed by atoms with Gasteiger partial charge < -0.3 is 4.90 Å². The molecule has 0 N–H and O–H groups in total. The summed E-state index contributed by atoms with van der Waals surface area (Å²) in [7, 11) is 0. The third-order valence-electron chi connectivity index (χ3n) is 11.4. The number of aryl methyl sites for hydroxylation is 6. The SMILES string of the molecule is Cc1cc(C)c(N(c2ccc(N(c3cc(-c4ccccc4)cc(-c4ccccc4)c3)c3nc(-c4ccccc4)nc(-c4ccccc4)n3)cc2)c2c(C)cc(C)cc2C)c(C)c1. The Kier molecular flexibility index (Phi) is 11.0. The van der Waals surface area contributed by atoms with Crippen LogP contribution >= 0.6 is 0 Å². The highest BCUT2D eigenvalue weighted by Gasteiger charge is 2.24. The molecule has 0 saturated carbocycles. The molecule has 0 aliphatic carbocycles.